The number of nitrogens with zero attached hydrogens (tertiary/aromatic N) is 1. The van der Waals surface area contributed by atoms with E-state index in [1.54, 1.807) is 11.9 Å². The van der Waals surface area contributed by atoms with Gasteiger partial charge in [-0.1, -0.05) is 11.6 Å². The lowest BCUT2D eigenvalue weighted by molar-refractivity contribution is 0.0703. The Morgan fingerprint density at radius 1 is 1.58 bits per heavy atom. The predicted molar refractivity (Wildman–Crippen MR) is 77.1 cm³/mol. The molecule has 1 fully saturated rings. The topological polar surface area (TPSA) is 32.3 Å². The zero-order valence-corrected chi connectivity index (χ0v) is 12.9. The Hall–Kier alpha value is -0.650. The first kappa shape index (κ1) is 14.8. The molecule has 0 radical (unpaired) electrons. The third-order valence-corrected chi connectivity index (χ3v) is 4.58. The van der Waals surface area contributed by atoms with Crippen molar-refractivity contribution in [2.75, 3.05) is 20.1 Å². The van der Waals surface area contributed by atoms with Gasteiger partial charge in [0.05, 0.1) is 10.6 Å². The molecule has 0 saturated carbocycles. The lowest BCUT2D eigenvalue weighted by atomic mass is 10.1. The highest BCUT2D eigenvalue weighted by atomic mass is 79.9. The summed E-state index contributed by atoms with van der Waals surface area (Å²) in [6, 6.07) is 2.70. The Balaban J connectivity index is 2.21. The standard InChI is InChI=1S/C13H15BrClFN2O/c1-18(8-3-2-4-17-7-8)13(19)9-5-10(14)11(15)6-12(9)16/h5-6,8,17H,2-4,7H2,1H3/t8-/m0/s1. The highest BCUT2D eigenvalue weighted by Gasteiger charge is 2.25. The van der Waals surface area contributed by atoms with Crippen molar-refractivity contribution in [3.8, 4) is 0 Å². The second-order valence-corrected chi connectivity index (χ2v) is 5.92. The lowest BCUT2D eigenvalue weighted by Gasteiger charge is -2.31. The van der Waals surface area contributed by atoms with E-state index in [4.69, 9.17) is 11.6 Å². The Labute approximate surface area is 125 Å². The van der Waals surface area contributed by atoms with Crippen LogP contribution in [0.1, 0.15) is 23.2 Å². The van der Waals surface area contributed by atoms with Crippen LogP contribution >= 0.6 is 27.5 Å². The largest absolute Gasteiger partial charge is 0.337 e. The van der Waals surface area contributed by atoms with Crippen molar-refractivity contribution < 1.29 is 9.18 Å². The molecular weight excluding hydrogens is 335 g/mol. The fraction of sp³-hybridized carbons (Fsp3) is 0.462. The maximum absolute atomic E-state index is 13.8. The molecule has 0 aliphatic carbocycles. The fourth-order valence-electron chi connectivity index (χ4n) is 2.21. The maximum atomic E-state index is 13.8. The molecule has 1 amide bonds. The molecule has 1 aliphatic heterocycles. The Kier molecular flexibility index (Phi) is 4.81. The minimum atomic E-state index is -0.589. The number of amides is 1. The summed E-state index contributed by atoms with van der Waals surface area (Å²) < 4.78 is 14.4. The summed E-state index contributed by atoms with van der Waals surface area (Å²) in [5, 5.41) is 3.50. The summed E-state index contributed by atoms with van der Waals surface area (Å²) in [7, 11) is 1.71. The number of rotatable bonds is 2. The Bertz CT molecular complexity index is 492. The Morgan fingerprint density at radius 2 is 2.32 bits per heavy atom. The zero-order valence-electron chi connectivity index (χ0n) is 10.5. The lowest BCUT2D eigenvalue weighted by Crippen LogP contribution is -2.46. The van der Waals surface area contributed by atoms with Crippen molar-refractivity contribution in [2.24, 2.45) is 0 Å². The molecule has 104 valence electrons. The fourth-order valence-corrected chi connectivity index (χ4v) is 2.70. The van der Waals surface area contributed by atoms with Crippen LogP contribution in [0, 0.1) is 5.82 Å². The van der Waals surface area contributed by atoms with Crippen LogP contribution in [-0.4, -0.2) is 37.0 Å². The average molecular weight is 350 g/mol. The van der Waals surface area contributed by atoms with Crippen LogP contribution in [0.15, 0.2) is 16.6 Å². The molecule has 1 saturated heterocycles. The van der Waals surface area contributed by atoms with Gasteiger partial charge in [-0.15, -0.1) is 0 Å². The predicted octanol–water partition coefficient (Wildman–Crippen LogP) is 3.07. The van der Waals surface area contributed by atoms with E-state index in [-0.39, 0.29) is 22.5 Å². The first-order chi connectivity index (χ1) is 9.00. The molecule has 0 bridgehead atoms. The third kappa shape index (κ3) is 3.27. The van der Waals surface area contributed by atoms with Gasteiger partial charge in [-0.25, -0.2) is 4.39 Å². The molecule has 1 heterocycles. The van der Waals surface area contributed by atoms with E-state index >= 15 is 0 Å². The van der Waals surface area contributed by atoms with Gasteiger partial charge in [-0.3, -0.25) is 4.79 Å². The molecule has 0 spiro atoms. The first-order valence-electron chi connectivity index (χ1n) is 6.13. The zero-order chi connectivity index (χ0) is 14.0. The van der Waals surface area contributed by atoms with Crippen molar-refractivity contribution in [1.82, 2.24) is 10.2 Å². The van der Waals surface area contributed by atoms with E-state index in [1.807, 2.05) is 0 Å². The van der Waals surface area contributed by atoms with Crippen molar-refractivity contribution in [3.05, 3.63) is 33.0 Å². The monoisotopic (exact) mass is 348 g/mol. The Morgan fingerprint density at radius 3 is 2.95 bits per heavy atom. The molecule has 0 aromatic heterocycles. The van der Waals surface area contributed by atoms with Gasteiger partial charge in [0.25, 0.3) is 5.91 Å². The van der Waals surface area contributed by atoms with Crippen LogP contribution in [-0.2, 0) is 0 Å². The van der Waals surface area contributed by atoms with Gasteiger partial charge in [-0.05, 0) is 47.4 Å². The van der Waals surface area contributed by atoms with Crippen molar-refractivity contribution >= 4 is 33.4 Å². The molecule has 1 aromatic rings. The molecule has 1 N–H and O–H groups in total. The number of carbonyl (C=O) groups excluding carboxylic acids is 1. The van der Waals surface area contributed by atoms with Gasteiger partial charge < -0.3 is 10.2 Å². The van der Waals surface area contributed by atoms with E-state index in [0.717, 1.165) is 32.0 Å². The van der Waals surface area contributed by atoms with E-state index in [1.165, 1.54) is 6.07 Å². The van der Waals surface area contributed by atoms with Gasteiger partial charge in [-0.2, -0.15) is 0 Å². The average Bonchev–Trinajstić information content (AvgIpc) is 2.42. The second kappa shape index (κ2) is 6.20. The minimum absolute atomic E-state index is 0.0457. The highest BCUT2D eigenvalue weighted by molar-refractivity contribution is 9.10. The molecule has 0 unspecified atom stereocenters. The number of halogens is 3. The second-order valence-electron chi connectivity index (χ2n) is 4.66. The number of hydrogen-bond donors (Lipinski definition) is 1. The number of hydrogen-bond acceptors (Lipinski definition) is 2. The van der Waals surface area contributed by atoms with Gasteiger partial charge in [0.15, 0.2) is 0 Å². The van der Waals surface area contributed by atoms with E-state index in [2.05, 4.69) is 21.2 Å². The van der Waals surface area contributed by atoms with Crippen molar-refractivity contribution in [3.63, 3.8) is 0 Å². The number of benzene rings is 1. The summed E-state index contributed by atoms with van der Waals surface area (Å²) in [6.45, 7) is 1.72. The number of carbonyl (C=O) groups is 1. The molecule has 1 aromatic carbocycles. The summed E-state index contributed by atoms with van der Waals surface area (Å²) in [6.07, 6.45) is 1.96. The van der Waals surface area contributed by atoms with Crippen molar-refractivity contribution in [2.45, 2.75) is 18.9 Å². The quantitative estimate of drug-likeness (QED) is 0.832. The van der Waals surface area contributed by atoms with Crippen LogP contribution in [0.25, 0.3) is 0 Å². The SMILES string of the molecule is CN(C(=O)c1cc(Br)c(Cl)cc1F)[C@H]1CCCNC1. The molecule has 1 atom stereocenters. The summed E-state index contributed by atoms with van der Waals surface area (Å²) in [4.78, 5) is 13.9. The number of piperidine rings is 1. The molecule has 3 nitrogen and oxygen atoms in total. The number of likely N-dealkylation sites (N-methyl/N-ethyl adjacent to an activating group) is 1. The summed E-state index contributed by atoms with van der Waals surface area (Å²) >= 11 is 9.01. The summed E-state index contributed by atoms with van der Waals surface area (Å²) in [5.74, 6) is -0.905. The van der Waals surface area contributed by atoms with E-state index < -0.39 is 5.82 Å². The highest BCUT2D eigenvalue weighted by Crippen LogP contribution is 2.26. The summed E-state index contributed by atoms with van der Waals surface area (Å²) in [5.41, 5.74) is 0.0457. The molecule has 6 heteroatoms. The molecule has 19 heavy (non-hydrogen) atoms. The van der Waals surface area contributed by atoms with Crippen LogP contribution in [0.2, 0.25) is 5.02 Å². The van der Waals surface area contributed by atoms with Gasteiger partial charge >= 0.3 is 0 Å². The van der Waals surface area contributed by atoms with Crippen molar-refractivity contribution in [1.29, 1.82) is 0 Å². The van der Waals surface area contributed by atoms with Gasteiger partial charge in [0, 0.05) is 24.1 Å². The molecule has 1 aliphatic rings. The van der Waals surface area contributed by atoms with Gasteiger partial charge in [0.2, 0.25) is 0 Å². The normalized spacial score (nSPS) is 19.3. The van der Waals surface area contributed by atoms with E-state index in [0.29, 0.717) is 4.47 Å². The van der Waals surface area contributed by atoms with Gasteiger partial charge in [0.1, 0.15) is 5.82 Å². The van der Waals surface area contributed by atoms with Crippen LogP contribution in [0.5, 0.6) is 0 Å². The number of nitrogens with one attached hydrogen (secondary N) is 1. The third-order valence-electron chi connectivity index (χ3n) is 3.38. The van der Waals surface area contributed by atoms with Crippen LogP contribution in [0.4, 0.5) is 4.39 Å². The van der Waals surface area contributed by atoms with E-state index in [9.17, 15) is 9.18 Å². The smallest absolute Gasteiger partial charge is 0.256 e. The molecule has 2 rings (SSSR count). The maximum Gasteiger partial charge on any atom is 0.256 e. The first-order valence-corrected chi connectivity index (χ1v) is 7.30. The van der Waals surface area contributed by atoms with Crippen LogP contribution < -0.4 is 5.32 Å². The van der Waals surface area contributed by atoms with Crippen LogP contribution in [0.3, 0.4) is 0 Å². The minimum Gasteiger partial charge on any atom is -0.337 e. The molecular formula is C13H15BrClFN2O.